The normalized spacial score (nSPS) is 9.18. The Morgan fingerprint density at radius 3 is 2.45 bits per heavy atom. The van der Waals surface area contributed by atoms with Gasteiger partial charge in [0.25, 0.3) is 0 Å². The molecule has 0 aromatic rings. The first-order valence-corrected chi connectivity index (χ1v) is 3.34. The van der Waals surface area contributed by atoms with Crippen LogP contribution < -0.4 is 10.9 Å². The zero-order valence-electron chi connectivity index (χ0n) is 6.39. The molecule has 0 unspecified atom stereocenters. The highest BCUT2D eigenvalue weighted by molar-refractivity contribution is 5.76. The lowest BCUT2D eigenvalue weighted by Crippen LogP contribution is -2.33. The summed E-state index contributed by atoms with van der Waals surface area (Å²) in [5, 5.41) is 8.21. The van der Waals surface area contributed by atoms with Gasteiger partial charge in [-0.25, -0.2) is 5.43 Å². The molecule has 11 heavy (non-hydrogen) atoms. The van der Waals surface area contributed by atoms with E-state index in [4.69, 9.17) is 5.11 Å². The van der Waals surface area contributed by atoms with Gasteiger partial charge in [0.2, 0.25) is 5.91 Å². The van der Waals surface area contributed by atoms with Gasteiger partial charge in [0, 0.05) is 19.9 Å². The highest BCUT2D eigenvalue weighted by Gasteiger charge is 2.01. The predicted molar refractivity (Wildman–Crippen MR) is 38.7 cm³/mol. The molecule has 0 bridgehead atoms. The van der Waals surface area contributed by atoms with E-state index in [2.05, 4.69) is 10.9 Å². The Labute approximate surface area is 64.8 Å². The minimum absolute atomic E-state index is 0.0388. The Morgan fingerprint density at radius 2 is 2.00 bits per heavy atom. The second kappa shape index (κ2) is 5.67. The van der Waals surface area contributed by atoms with Crippen LogP contribution in [0.1, 0.15) is 19.3 Å². The summed E-state index contributed by atoms with van der Waals surface area (Å²) in [7, 11) is 1.58. The van der Waals surface area contributed by atoms with E-state index in [0.717, 1.165) is 0 Å². The van der Waals surface area contributed by atoms with E-state index in [1.54, 1.807) is 7.05 Å². The Kier molecular flexibility index (Phi) is 5.10. The molecule has 0 aliphatic rings. The average Bonchev–Trinajstić information content (AvgIpc) is 1.87. The van der Waals surface area contributed by atoms with Gasteiger partial charge in [-0.05, 0) is 6.42 Å². The van der Waals surface area contributed by atoms with Gasteiger partial charge < -0.3 is 5.11 Å². The third-order valence-electron chi connectivity index (χ3n) is 1.06. The fourth-order valence-electron chi connectivity index (χ4n) is 0.602. The summed E-state index contributed by atoms with van der Waals surface area (Å²) in [5.74, 6) is -1.06. The number of nitrogens with one attached hydrogen (secondary N) is 2. The topological polar surface area (TPSA) is 78.4 Å². The molecule has 3 N–H and O–H groups in total. The maximum Gasteiger partial charge on any atom is 0.303 e. The van der Waals surface area contributed by atoms with Crippen molar-refractivity contribution in [2.45, 2.75) is 19.3 Å². The van der Waals surface area contributed by atoms with Crippen molar-refractivity contribution < 1.29 is 14.7 Å². The SMILES string of the molecule is CNNC(=O)CCCC(=O)O. The van der Waals surface area contributed by atoms with Crippen molar-refractivity contribution in [1.82, 2.24) is 10.9 Å². The molecule has 0 spiro atoms. The molecule has 0 aromatic heterocycles. The van der Waals surface area contributed by atoms with Gasteiger partial charge >= 0.3 is 5.97 Å². The zero-order valence-corrected chi connectivity index (χ0v) is 6.39. The summed E-state index contributed by atoms with van der Waals surface area (Å²) in [6.45, 7) is 0. The Morgan fingerprint density at radius 1 is 1.36 bits per heavy atom. The van der Waals surface area contributed by atoms with Crippen LogP contribution in [0.2, 0.25) is 0 Å². The van der Waals surface area contributed by atoms with Crippen LogP contribution in [-0.2, 0) is 9.59 Å². The summed E-state index contributed by atoms with van der Waals surface area (Å²) in [4.78, 5) is 20.6. The molecule has 0 radical (unpaired) electrons. The monoisotopic (exact) mass is 160 g/mol. The van der Waals surface area contributed by atoms with Gasteiger partial charge in [-0.1, -0.05) is 0 Å². The Balaban J connectivity index is 3.24. The quantitative estimate of drug-likeness (QED) is 0.473. The summed E-state index contributed by atoms with van der Waals surface area (Å²) >= 11 is 0. The van der Waals surface area contributed by atoms with Crippen LogP contribution >= 0.6 is 0 Å². The van der Waals surface area contributed by atoms with Crippen LogP contribution in [0.4, 0.5) is 0 Å². The molecule has 0 fully saturated rings. The molecule has 0 atom stereocenters. The minimum Gasteiger partial charge on any atom is -0.481 e. The number of hydrazine groups is 1. The van der Waals surface area contributed by atoms with E-state index >= 15 is 0 Å². The second-order valence-corrected chi connectivity index (χ2v) is 2.05. The highest BCUT2D eigenvalue weighted by Crippen LogP contribution is 1.93. The molecule has 0 saturated carbocycles. The second-order valence-electron chi connectivity index (χ2n) is 2.05. The molecule has 0 aliphatic heterocycles. The van der Waals surface area contributed by atoms with Crippen LogP contribution in [0.15, 0.2) is 0 Å². The lowest BCUT2D eigenvalue weighted by atomic mass is 10.2. The first-order valence-electron chi connectivity index (χ1n) is 3.34. The number of hydrogen-bond donors (Lipinski definition) is 3. The standard InChI is InChI=1S/C6H12N2O3/c1-7-8-5(9)3-2-4-6(10)11/h7H,2-4H2,1H3,(H,8,9)(H,10,11). The van der Waals surface area contributed by atoms with Crippen LogP contribution in [0, 0.1) is 0 Å². The summed E-state index contributed by atoms with van der Waals surface area (Å²) in [6.07, 6.45) is 0.660. The first-order chi connectivity index (χ1) is 5.16. The van der Waals surface area contributed by atoms with Gasteiger partial charge in [-0.2, -0.15) is 0 Å². The molecule has 0 aromatic carbocycles. The zero-order chi connectivity index (χ0) is 8.69. The minimum atomic E-state index is -0.873. The van der Waals surface area contributed by atoms with Crippen molar-refractivity contribution in [3.63, 3.8) is 0 Å². The molecule has 5 heteroatoms. The molecule has 0 saturated heterocycles. The van der Waals surface area contributed by atoms with Crippen molar-refractivity contribution in [3.05, 3.63) is 0 Å². The fraction of sp³-hybridized carbons (Fsp3) is 0.667. The molecule has 1 amide bonds. The van der Waals surface area contributed by atoms with E-state index in [1.807, 2.05) is 0 Å². The number of rotatable bonds is 5. The van der Waals surface area contributed by atoms with E-state index < -0.39 is 5.97 Å². The molecular weight excluding hydrogens is 148 g/mol. The highest BCUT2D eigenvalue weighted by atomic mass is 16.4. The van der Waals surface area contributed by atoms with Crippen molar-refractivity contribution in [2.75, 3.05) is 7.05 Å². The van der Waals surface area contributed by atoms with E-state index in [0.29, 0.717) is 6.42 Å². The lowest BCUT2D eigenvalue weighted by Gasteiger charge is -2.00. The first kappa shape index (κ1) is 9.90. The third-order valence-corrected chi connectivity index (χ3v) is 1.06. The number of carbonyl (C=O) groups excluding carboxylic acids is 1. The predicted octanol–water partition coefficient (Wildman–Crippen LogP) is -0.508. The molecule has 5 nitrogen and oxygen atoms in total. The number of hydrogen-bond acceptors (Lipinski definition) is 3. The van der Waals surface area contributed by atoms with E-state index in [9.17, 15) is 9.59 Å². The van der Waals surface area contributed by atoms with Gasteiger partial charge in [-0.3, -0.25) is 15.0 Å². The number of amides is 1. The maximum absolute atomic E-state index is 10.7. The number of carbonyl (C=O) groups is 2. The van der Waals surface area contributed by atoms with Crippen molar-refractivity contribution >= 4 is 11.9 Å². The largest absolute Gasteiger partial charge is 0.481 e. The number of carboxylic acids is 1. The molecule has 0 aliphatic carbocycles. The van der Waals surface area contributed by atoms with Crippen LogP contribution in [0.3, 0.4) is 0 Å². The Hall–Kier alpha value is -1.10. The Bertz CT molecular complexity index is 147. The van der Waals surface area contributed by atoms with Gasteiger partial charge in [-0.15, -0.1) is 0 Å². The van der Waals surface area contributed by atoms with E-state index in [-0.39, 0.29) is 18.7 Å². The van der Waals surface area contributed by atoms with Gasteiger partial charge in [0.05, 0.1) is 0 Å². The van der Waals surface area contributed by atoms with Crippen LogP contribution in [-0.4, -0.2) is 24.0 Å². The van der Waals surface area contributed by atoms with Crippen molar-refractivity contribution in [3.8, 4) is 0 Å². The molecule has 0 heterocycles. The van der Waals surface area contributed by atoms with E-state index in [1.165, 1.54) is 0 Å². The van der Waals surface area contributed by atoms with Crippen LogP contribution in [0.5, 0.6) is 0 Å². The van der Waals surface area contributed by atoms with Gasteiger partial charge in [0.15, 0.2) is 0 Å². The van der Waals surface area contributed by atoms with Crippen molar-refractivity contribution in [1.29, 1.82) is 0 Å². The van der Waals surface area contributed by atoms with Gasteiger partial charge in [0.1, 0.15) is 0 Å². The molecule has 0 rings (SSSR count). The van der Waals surface area contributed by atoms with Crippen LogP contribution in [0.25, 0.3) is 0 Å². The smallest absolute Gasteiger partial charge is 0.303 e. The number of carboxylic acid groups (broad SMARTS) is 1. The fourth-order valence-corrected chi connectivity index (χ4v) is 0.602. The summed E-state index contributed by atoms with van der Waals surface area (Å²) in [5.41, 5.74) is 4.80. The average molecular weight is 160 g/mol. The molecule has 64 valence electrons. The lowest BCUT2D eigenvalue weighted by molar-refractivity contribution is -0.137. The summed E-state index contributed by atoms with van der Waals surface area (Å²) in [6, 6.07) is 0. The third kappa shape index (κ3) is 6.79. The molecular formula is C6H12N2O3. The van der Waals surface area contributed by atoms with Crippen molar-refractivity contribution in [2.24, 2.45) is 0 Å². The maximum atomic E-state index is 10.7. The summed E-state index contributed by atoms with van der Waals surface area (Å²) < 4.78 is 0. The number of aliphatic carboxylic acids is 1.